The van der Waals surface area contributed by atoms with Gasteiger partial charge in [-0.25, -0.2) is 0 Å². The molecule has 2 aromatic carbocycles. The number of piperidine rings is 1. The van der Waals surface area contributed by atoms with Crippen LogP contribution in [0, 0.1) is 0 Å². The lowest BCUT2D eigenvalue weighted by atomic mass is 10.0. The average molecular weight is 436 g/mol. The number of nitrogens with zero attached hydrogens (tertiary/aromatic N) is 3. The van der Waals surface area contributed by atoms with Crippen LogP contribution in [0.1, 0.15) is 37.3 Å². The Hall–Kier alpha value is -2.86. The molecule has 172 valence electrons. The maximum atomic E-state index is 12.5. The normalized spacial score (nSPS) is 15.4. The van der Waals surface area contributed by atoms with Gasteiger partial charge in [0.05, 0.1) is 6.54 Å². The number of amides is 1. The smallest absolute Gasteiger partial charge is 0.224 e. The molecule has 6 heteroatoms. The Kier molecular flexibility index (Phi) is 9.57. The fourth-order valence-electron chi connectivity index (χ4n) is 3.99. The van der Waals surface area contributed by atoms with Gasteiger partial charge in [0.15, 0.2) is 5.96 Å². The van der Waals surface area contributed by atoms with Crippen LogP contribution in [0.3, 0.4) is 0 Å². The van der Waals surface area contributed by atoms with Crippen molar-refractivity contribution < 1.29 is 4.79 Å². The van der Waals surface area contributed by atoms with Gasteiger partial charge in [-0.05, 0) is 30.9 Å². The van der Waals surface area contributed by atoms with E-state index in [2.05, 4.69) is 57.8 Å². The second-order valence-corrected chi connectivity index (χ2v) is 8.43. The molecule has 0 bridgehead atoms. The largest absolute Gasteiger partial charge is 0.357 e. The van der Waals surface area contributed by atoms with Crippen molar-refractivity contribution in [1.82, 2.24) is 20.4 Å². The van der Waals surface area contributed by atoms with Gasteiger partial charge in [-0.3, -0.25) is 14.7 Å². The van der Waals surface area contributed by atoms with Crippen LogP contribution < -0.4 is 10.6 Å². The third kappa shape index (κ3) is 8.00. The predicted octanol–water partition coefficient (Wildman–Crippen LogP) is 3.25. The van der Waals surface area contributed by atoms with Gasteiger partial charge in [0.25, 0.3) is 0 Å². The Morgan fingerprint density at radius 2 is 1.66 bits per heavy atom. The van der Waals surface area contributed by atoms with Gasteiger partial charge in [-0.15, -0.1) is 0 Å². The molecular formula is C26H37N5O. The summed E-state index contributed by atoms with van der Waals surface area (Å²) in [5, 5.41) is 6.90. The van der Waals surface area contributed by atoms with Crippen LogP contribution in [0.5, 0.6) is 0 Å². The Balaban J connectivity index is 1.41. The molecule has 0 aliphatic carbocycles. The van der Waals surface area contributed by atoms with E-state index < -0.39 is 0 Å². The molecule has 0 aromatic heterocycles. The maximum absolute atomic E-state index is 12.5. The number of hydrogen-bond donors (Lipinski definition) is 2. The van der Waals surface area contributed by atoms with Crippen molar-refractivity contribution in [3.8, 4) is 0 Å². The summed E-state index contributed by atoms with van der Waals surface area (Å²) in [7, 11) is 1.85. The van der Waals surface area contributed by atoms with Crippen LogP contribution in [0.15, 0.2) is 65.7 Å². The number of guanidine groups is 1. The molecule has 1 heterocycles. The van der Waals surface area contributed by atoms with Crippen molar-refractivity contribution in [2.45, 2.75) is 45.3 Å². The summed E-state index contributed by atoms with van der Waals surface area (Å²) in [6, 6.07) is 21.1. The van der Waals surface area contributed by atoms with Gasteiger partial charge < -0.3 is 15.5 Å². The maximum Gasteiger partial charge on any atom is 0.224 e. The third-order valence-electron chi connectivity index (χ3n) is 5.81. The van der Waals surface area contributed by atoms with Crippen LogP contribution in [0.2, 0.25) is 0 Å². The van der Waals surface area contributed by atoms with E-state index in [9.17, 15) is 4.79 Å². The minimum absolute atomic E-state index is 0.114. The van der Waals surface area contributed by atoms with Crippen molar-refractivity contribution in [2.75, 3.05) is 33.2 Å². The fourth-order valence-corrected chi connectivity index (χ4v) is 3.99. The molecule has 0 saturated carbocycles. The number of hydrogen-bond acceptors (Lipinski definition) is 3. The Labute approximate surface area is 192 Å². The molecule has 1 fully saturated rings. The van der Waals surface area contributed by atoms with Gasteiger partial charge in [0.2, 0.25) is 5.91 Å². The van der Waals surface area contributed by atoms with Crippen molar-refractivity contribution in [1.29, 1.82) is 0 Å². The summed E-state index contributed by atoms with van der Waals surface area (Å²) in [5.74, 6) is 0.926. The number of carbonyl (C=O) groups excluding carboxylic acids is 1. The Morgan fingerprint density at radius 1 is 1.03 bits per heavy atom. The van der Waals surface area contributed by atoms with Crippen molar-refractivity contribution in [2.24, 2.45) is 4.99 Å². The molecule has 32 heavy (non-hydrogen) atoms. The molecule has 3 rings (SSSR count). The molecule has 0 radical (unpaired) electrons. The second-order valence-electron chi connectivity index (χ2n) is 8.43. The van der Waals surface area contributed by atoms with Gasteiger partial charge in [-0.1, -0.05) is 60.7 Å². The van der Waals surface area contributed by atoms with Gasteiger partial charge in [-0.2, -0.15) is 0 Å². The molecule has 6 nitrogen and oxygen atoms in total. The van der Waals surface area contributed by atoms with Gasteiger partial charge >= 0.3 is 0 Å². The molecule has 1 amide bonds. The first kappa shape index (κ1) is 23.8. The fraction of sp³-hybridized carbons (Fsp3) is 0.462. The molecule has 2 aromatic rings. The highest BCUT2D eigenvalue weighted by molar-refractivity contribution is 5.81. The van der Waals surface area contributed by atoms with E-state index in [1.54, 1.807) is 4.90 Å². The zero-order valence-electron chi connectivity index (χ0n) is 19.5. The number of benzene rings is 2. The van der Waals surface area contributed by atoms with E-state index >= 15 is 0 Å². The summed E-state index contributed by atoms with van der Waals surface area (Å²) in [5.41, 5.74) is 2.51. The summed E-state index contributed by atoms with van der Waals surface area (Å²) in [6.45, 7) is 7.16. The van der Waals surface area contributed by atoms with Crippen LogP contribution in [0.4, 0.5) is 0 Å². The molecule has 2 N–H and O–H groups in total. The summed E-state index contributed by atoms with van der Waals surface area (Å²) in [6.07, 6.45) is 2.60. The third-order valence-corrected chi connectivity index (χ3v) is 5.81. The summed E-state index contributed by atoms with van der Waals surface area (Å²) in [4.78, 5) is 21.4. The average Bonchev–Trinajstić information content (AvgIpc) is 2.81. The molecular weight excluding hydrogens is 398 g/mol. The predicted molar refractivity (Wildman–Crippen MR) is 131 cm³/mol. The first-order valence-electron chi connectivity index (χ1n) is 11.7. The number of nitrogens with one attached hydrogen (secondary N) is 2. The lowest BCUT2D eigenvalue weighted by Gasteiger charge is -2.33. The monoisotopic (exact) mass is 435 g/mol. The molecule has 0 unspecified atom stereocenters. The SMILES string of the molecule is CCNC(=NCCC(=O)N(C)Cc1ccccc1)NC1CCN(Cc2ccccc2)CC1. The van der Waals surface area contributed by atoms with Crippen molar-refractivity contribution in [3.05, 3.63) is 71.8 Å². The second kappa shape index (κ2) is 12.9. The Bertz CT molecular complexity index is 832. The number of aliphatic imine (C=N–C) groups is 1. The zero-order valence-corrected chi connectivity index (χ0v) is 19.5. The highest BCUT2D eigenvalue weighted by Crippen LogP contribution is 2.14. The zero-order chi connectivity index (χ0) is 22.6. The minimum Gasteiger partial charge on any atom is -0.357 e. The van der Waals surface area contributed by atoms with Crippen LogP contribution in [0.25, 0.3) is 0 Å². The molecule has 1 saturated heterocycles. The Morgan fingerprint density at radius 3 is 2.28 bits per heavy atom. The van der Waals surface area contributed by atoms with E-state index in [1.807, 2.05) is 37.4 Å². The number of rotatable bonds is 9. The van der Waals surface area contributed by atoms with E-state index in [0.29, 0.717) is 25.6 Å². The summed E-state index contributed by atoms with van der Waals surface area (Å²) >= 11 is 0. The topological polar surface area (TPSA) is 60.0 Å². The molecule has 1 aliphatic rings. The lowest BCUT2D eigenvalue weighted by Crippen LogP contribution is -2.48. The van der Waals surface area contributed by atoms with Crippen LogP contribution >= 0.6 is 0 Å². The number of likely N-dealkylation sites (tertiary alicyclic amines) is 1. The summed E-state index contributed by atoms with van der Waals surface area (Å²) < 4.78 is 0. The standard InChI is InChI=1S/C26H37N5O/c1-3-27-26(28-17-14-25(32)30(2)20-22-10-6-4-7-11-22)29-24-15-18-31(19-16-24)21-23-12-8-5-9-13-23/h4-13,24H,3,14-21H2,1-2H3,(H2,27,28,29). The lowest BCUT2D eigenvalue weighted by molar-refractivity contribution is -0.130. The molecule has 1 aliphatic heterocycles. The van der Waals surface area contributed by atoms with Crippen molar-refractivity contribution in [3.63, 3.8) is 0 Å². The van der Waals surface area contributed by atoms with Crippen molar-refractivity contribution >= 4 is 11.9 Å². The first-order valence-corrected chi connectivity index (χ1v) is 11.7. The highest BCUT2D eigenvalue weighted by atomic mass is 16.2. The van der Waals surface area contributed by atoms with Crippen LogP contribution in [-0.2, 0) is 17.9 Å². The molecule has 0 atom stereocenters. The highest BCUT2D eigenvalue weighted by Gasteiger charge is 2.20. The minimum atomic E-state index is 0.114. The molecule has 0 spiro atoms. The van der Waals surface area contributed by atoms with Gasteiger partial charge in [0.1, 0.15) is 0 Å². The first-order chi connectivity index (χ1) is 15.6. The number of carbonyl (C=O) groups is 1. The van der Waals surface area contributed by atoms with E-state index in [4.69, 9.17) is 0 Å². The quantitative estimate of drug-likeness (QED) is 0.469. The van der Waals surface area contributed by atoms with Crippen LogP contribution in [-0.4, -0.2) is 60.9 Å². The van der Waals surface area contributed by atoms with E-state index in [0.717, 1.165) is 50.5 Å². The van der Waals surface area contributed by atoms with E-state index in [-0.39, 0.29) is 5.91 Å². The van der Waals surface area contributed by atoms with E-state index in [1.165, 1.54) is 5.56 Å². The van der Waals surface area contributed by atoms with Gasteiger partial charge in [0, 0.05) is 52.2 Å².